The van der Waals surface area contributed by atoms with Crippen LogP contribution in [0.25, 0.3) is 76.5 Å². The number of amidine groups is 2. The third kappa shape index (κ3) is 4.42. The number of furan rings is 2. The Morgan fingerprint density at radius 2 is 1.10 bits per heavy atom. The highest BCUT2D eigenvalue weighted by molar-refractivity contribution is 6.24. The zero-order valence-electron chi connectivity index (χ0n) is 27.9. The van der Waals surface area contributed by atoms with E-state index < -0.39 is 0 Å². The zero-order valence-corrected chi connectivity index (χ0v) is 27.9. The van der Waals surface area contributed by atoms with Gasteiger partial charge in [0, 0.05) is 38.2 Å². The number of rotatable bonds is 4. The third-order valence-electron chi connectivity index (χ3n) is 10.3. The molecule has 11 rings (SSSR count). The van der Waals surface area contributed by atoms with Gasteiger partial charge in [-0.15, -0.1) is 0 Å². The van der Waals surface area contributed by atoms with Crippen LogP contribution in [0.15, 0.2) is 183 Å². The van der Waals surface area contributed by atoms with Gasteiger partial charge in [0.25, 0.3) is 0 Å². The fourth-order valence-electron chi connectivity index (χ4n) is 7.92. The number of aliphatic imine (C=N–C) groups is 2. The minimum Gasteiger partial charge on any atom is -0.456 e. The highest BCUT2D eigenvalue weighted by atomic mass is 16.3. The number of benzene rings is 8. The molecule has 1 aliphatic rings. The van der Waals surface area contributed by atoms with Crippen molar-refractivity contribution >= 4 is 77.1 Å². The molecule has 0 radical (unpaired) electrons. The Hall–Kier alpha value is -6.98. The van der Waals surface area contributed by atoms with Crippen LogP contribution in [0, 0.1) is 0 Å². The molecule has 0 aliphatic carbocycles. The average molecular weight is 668 g/mol. The maximum atomic E-state index is 6.78. The second-order valence-electron chi connectivity index (χ2n) is 13.3. The molecule has 1 atom stereocenters. The Kier molecular flexibility index (Phi) is 6.25. The summed E-state index contributed by atoms with van der Waals surface area (Å²) in [6.45, 7) is 0. The lowest BCUT2D eigenvalue weighted by Gasteiger charge is -2.24. The van der Waals surface area contributed by atoms with Gasteiger partial charge in [0.15, 0.2) is 5.84 Å². The van der Waals surface area contributed by atoms with Crippen molar-refractivity contribution in [2.45, 2.75) is 6.17 Å². The number of fused-ring (bicyclic) bond motifs is 9. The molecule has 1 N–H and O–H groups in total. The van der Waals surface area contributed by atoms with Gasteiger partial charge in [-0.25, -0.2) is 9.98 Å². The topological polar surface area (TPSA) is 63.0 Å². The van der Waals surface area contributed by atoms with Crippen LogP contribution in [0.3, 0.4) is 0 Å². The van der Waals surface area contributed by atoms with E-state index in [1.807, 2.05) is 42.5 Å². The first-order valence-corrected chi connectivity index (χ1v) is 17.5. The van der Waals surface area contributed by atoms with Gasteiger partial charge in [-0.3, -0.25) is 0 Å². The number of hydrogen-bond acceptors (Lipinski definition) is 5. The lowest BCUT2D eigenvalue weighted by Crippen LogP contribution is -2.33. The van der Waals surface area contributed by atoms with Crippen molar-refractivity contribution in [3.8, 4) is 11.1 Å². The summed E-state index contributed by atoms with van der Waals surface area (Å²) in [6.07, 6.45) is -0.331. The van der Waals surface area contributed by atoms with E-state index in [9.17, 15) is 0 Å². The van der Waals surface area contributed by atoms with Crippen molar-refractivity contribution in [3.05, 3.63) is 180 Å². The van der Waals surface area contributed by atoms with Crippen molar-refractivity contribution in [1.29, 1.82) is 0 Å². The van der Waals surface area contributed by atoms with E-state index in [4.69, 9.17) is 18.8 Å². The van der Waals surface area contributed by atoms with Crippen LogP contribution < -0.4 is 5.32 Å². The molecule has 244 valence electrons. The fraction of sp³-hybridized carbons (Fsp3) is 0.0213. The SMILES string of the molecule is c1ccc(C2N=C(c3ccc4ccc5ccccc5c4c3)N=C(c3cccc4oc5c(-c6cccc7oc8ccccc8c67)cccc5c34)N2)cc1. The lowest BCUT2D eigenvalue weighted by molar-refractivity contribution is 0.668. The Bertz CT molecular complexity index is 3110. The molecule has 5 heteroatoms. The molecular weight excluding hydrogens is 639 g/mol. The summed E-state index contributed by atoms with van der Waals surface area (Å²) >= 11 is 0. The Morgan fingerprint density at radius 1 is 0.462 bits per heavy atom. The first-order chi connectivity index (χ1) is 25.8. The number of nitrogens with one attached hydrogen (secondary N) is 1. The predicted molar refractivity (Wildman–Crippen MR) is 213 cm³/mol. The van der Waals surface area contributed by atoms with Gasteiger partial charge < -0.3 is 14.2 Å². The molecule has 52 heavy (non-hydrogen) atoms. The lowest BCUT2D eigenvalue weighted by atomic mass is 9.96. The summed E-state index contributed by atoms with van der Waals surface area (Å²) in [5.74, 6) is 1.43. The molecule has 1 aliphatic heterocycles. The van der Waals surface area contributed by atoms with Crippen LogP contribution in [0.2, 0.25) is 0 Å². The second kappa shape index (κ2) is 11.3. The Morgan fingerprint density at radius 3 is 1.98 bits per heavy atom. The first-order valence-electron chi connectivity index (χ1n) is 17.5. The highest BCUT2D eigenvalue weighted by Crippen LogP contribution is 2.42. The number of hydrogen-bond donors (Lipinski definition) is 1. The van der Waals surface area contributed by atoms with Crippen molar-refractivity contribution in [3.63, 3.8) is 0 Å². The molecule has 0 spiro atoms. The molecule has 0 saturated heterocycles. The monoisotopic (exact) mass is 667 g/mol. The molecule has 10 aromatic rings. The first kappa shape index (κ1) is 28.8. The van der Waals surface area contributed by atoms with Crippen molar-refractivity contribution in [2.75, 3.05) is 0 Å². The van der Waals surface area contributed by atoms with Crippen LogP contribution in [-0.2, 0) is 0 Å². The summed E-state index contributed by atoms with van der Waals surface area (Å²) in [7, 11) is 0. The summed E-state index contributed by atoms with van der Waals surface area (Å²) in [6, 6.07) is 56.8. The quantitative estimate of drug-likeness (QED) is 0.190. The van der Waals surface area contributed by atoms with Gasteiger partial charge in [-0.05, 0) is 56.9 Å². The summed E-state index contributed by atoms with van der Waals surface area (Å²) in [5.41, 5.74) is 8.43. The Balaban J connectivity index is 1.11. The third-order valence-corrected chi connectivity index (χ3v) is 10.3. The minimum absolute atomic E-state index is 0.331. The van der Waals surface area contributed by atoms with Gasteiger partial charge in [-0.1, -0.05) is 140 Å². The molecule has 0 saturated carbocycles. The van der Waals surface area contributed by atoms with E-state index in [-0.39, 0.29) is 6.17 Å². The van der Waals surface area contributed by atoms with Crippen molar-refractivity contribution in [1.82, 2.24) is 5.32 Å². The van der Waals surface area contributed by atoms with Gasteiger partial charge >= 0.3 is 0 Å². The van der Waals surface area contributed by atoms with Gasteiger partial charge in [0.2, 0.25) is 0 Å². The van der Waals surface area contributed by atoms with Gasteiger partial charge in [0.05, 0.1) is 0 Å². The maximum Gasteiger partial charge on any atom is 0.159 e. The molecule has 0 fully saturated rings. The van der Waals surface area contributed by atoms with Crippen LogP contribution >= 0.6 is 0 Å². The average Bonchev–Trinajstić information content (AvgIpc) is 3.80. The predicted octanol–water partition coefficient (Wildman–Crippen LogP) is 12.0. The van der Waals surface area contributed by atoms with E-state index in [1.165, 1.54) is 21.5 Å². The highest BCUT2D eigenvalue weighted by Gasteiger charge is 2.25. The largest absolute Gasteiger partial charge is 0.456 e. The van der Waals surface area contributed by atoms with Crippen LogP contribution in [0.4, 0.5) is 0 Å². The molecule has 0 amide bonds. The van der Waals surface area contributed by atoms with Gasteiger partial charge in [-0.2, -0.15) is 0 Å². The smallest absolute Gasteiger partial charge is 0.159 e. The molecule has 0 bridgehead atoms. The van der Waals surface area contributed by atoms with Gasteiger partial charge in [0.1, 0.15) is 34.3 Å². The fourth-order valence-corrected chi connectivity index (χ4v) is 7.92. The van der Waals surface area contributed by atoms with Crippen molar-refractivity contribution < 1.29 is 8.83 Å². The van der Waals surface area contributed by atoms with Crippen LogP contribution in [-0.4, -0.2) is 11.7 Å². The van der Waals surface area contributed by atoms with E-state index in [0.29, 0.717) is 5.84 Å². The summed E-state index contributed by atoms with van der Waals surface area (Å²) in [4.78, 5) is 10.5. The summed E-state index contributed by atoms with van der Waals surface area (Å²) in [5, 5.41) is 12.7. The minimum atomic E-state index is -0.331. The van der Waals surface area contributed by atoms with E-state index >= 15 is 0 Å². The molecular formula is C47H29N3O2. The molecule has 3 heterocycles. The molecule has 1 unspecified atom stereocenters. The molecule has 5 nitrogen and oxygen atoms in total. The van der Waals surface area contributed by atoms with E-state index in [1.54, 1.807) is 0 Å². The standard InChI is InChI=1S/C47H29N3O2/c1-2-12-30(13-3-1)45-48-46(31-26-25-29-24-23-28-11-4-5-14-32(28)38(29)27-31)50-47(49-45)37-19-10-22-41-43(37)36-18-8-17-34(44(36)52-41)33-16-9-21-40-42(33)35-15-6-7-20-39(35)51-40/h1-27,45H,(H,48,49,50). The molecule has 2 aromatic heterocycles. The molecule has 8 aromatic carbocycles. The van der Waals surface area contributed by atoms with Crippen LogP contribution in [0.1, 0.15) is 22.9 Å². The van der Waals surface area contributed by atoms with E-state index in [2.05, 4.69) is 127 Å². The van der Waals surface area contributed by atoms with E-state index in [0.717, 1.165) is 77.5 Å². The number of para-hydroxylation sites is 2. The van der Waals surface area contributed by atoms with Crippen molar-refractivity contribution in [2.24, 2.45) is 9.98 Å². The van der Waals surface area contributed by atoms with Crippen LogP contribution in [0.5, 0.6) is 0 Å². The normalized spacial score (nSPS) is 14.7. The zero-order chi connectivity index (χ0) is 34.2. The maximum absolute atomic E-state index is 6.78. The Labute approximate surface area is 298 Å². The summed E-state index contributed by atoms with van der Waals surface area (Å²) < 4.78 is 13.0. The second-order valence-corrected chi connectivity index (χ2v) is 13.3. The number of nitrogens with zero attached hydrogens (tertiary/aromatic N) is 2.